The minimum absolute atomic E-state index is 0.0432. The molecule has 0 fully saturated rings. The van der Waals surface area contributed by atoms with Gasteiger partial charge in [-0.05, 0) is 25.1 Å². The number of nitrogens with zero attached hydrogens (tertiary/aromatic N) is 4. The molecule has 0 aliphatic heterocycles. The summed E-state index contributed by atoms with van der Waals surface area (Å²) in [5, 5.41) is 2.68. The highest BCUT2D eigenvalue weighted by Crippen LogP contribution is 2.26. The Morgan fingerprint density at radius 1 is 1.26 bits per heavy atom. The molecule has 0 saturated carbocycles. The first kappa shape index (κ1) is 24.1. The average molecular weight is 498 g/mol. The van der Waals surface area contributed by atoms with Crippen molar-refractivity contribution >= 4 is 27.5 Å². The maximum atomic E-state index is 14.6. The molecule has 0 aliphatic rings. The summed E-state index contributed by atoms with van der Waals surface area (Å²) in [6.45, 7) is 3.26. The number of rotatable bonds is 6. The lowest BCUT2D eigenvalue weighted by Crippen LogP contribution is -2.12. The number of aryl methyl sites for hydroxylation is 2. The van der Waals surface area contributed by atoms with Crippen LogP contribution in [0.1, 0.15) is 34.1 Å². The van der Waals surface area contributed by atoms with Crippen LogP contribution >= 0.6 is 0 Å². The molecule has 35 heavy (non-hydrogen) atoms. The number of hydrogen-bond acceptors (Lipinski definition) is 8. The second-order valence-corrected chi connectivity index (χ2v) is 9.19. The number of carbonyl (C=O) groups is 1. The average Bonchev–Trinajstić information content (AvgIpc) is 3.35. The Morgan fingerprint density at radius 2 is 2.06 bits per heavy atom. The number of imidazole rings is 1. The summed E-state index contributed by atoms with van der Waals surface area (Å²) in [7, 11) is -3.50. The fraction of sp³-hybridized carbons (Fsp3) is 0.217. The Balaban J connectivity index is 1.54. The van der Waals surface area contributed by atoms with Gasteiger partial charge >= 0.3 is 0 Å². The van der Waals surface area contributed by atoms with E-state index in [-0.39, 0.29) is 24.4 Å². The van der Waals surface area contributed by atoms with Crippen LogP contribution in [0.5, 0.6) is 0 Å². The SMILES string of the molecule is Cc1nc(C)c(C(=O)Nc2ccc(F)c(-c3cn4cc(C#CCCOS(C)(=O)=O)cnc4n3)c2)o1. The van der Waals surface area contributed by atoms with Crippen LogP contribution in [0.2, 0.25) is 0 Å². The van der Waals surface area contributed by atoms with E-state index in [4.69, 9.17) is 4.42 Å². The second-order valence-electron chi connectivity index (χ2n) is 7.55. The van der Waals surface area contributed by atoms with Gasteiger partial charge in [-0.25, -0.2) is 19.3 Å². The van der Waals surface area contributed by atoms with Crippen LogP contribution < -0.4 is 5.32 Å². The molecule has 1 N–H and O–H groups in total. The van der Waals surface area contributed by atoms with Gasteiger partial charge in [0.2, 0.25) is 11.5 Å². The molecule has 3 heterocycles. The smallest absolute Gasteiger partial charge is 0.293 e. The minimum atomic E-state index is -3.50. The molecule has 1 aromatic carbocycles. The molecule has 4 aromatic rings. The largest absolute Gasteiger partial charge is 0.436 e. The van der Waals surface area contributed by atoms with E-state index in [1.807, 2.05) is 0 Å². The van der Waals surface area contributed by atoms with Gasteiger partial charge in [-0.2, -0.15) is 8.42 Å². The molecule has 1 amide bonds. The van der Waals surface area contributed by atoms with Gasteiger partial charge in [-0.1, -0.05) is 11.8 Å². The van der Waals surface area contributed by atoms with Gasteiger partial charge in [0.15, 0.2) is 5.89 Å². The lowest BCUT2D eigenvalue weighted by atomic mass is 10.1. The predicted molar refractivity (Wildman–Crippen MR) is 125 cm³/mol. The zero-order valence-electron chi connectivity index (χ0n) is 19.0. The number of benzene rings is 1. The van der Waals surface area contributed by atoms with Crippen LogP contribution in [0.15, 0.2) is 41.2 Å². The molecular weight excluding hydrogens is 477 g/mol. The van der Waals surface area contributed by atoms with Crippen LogP contribution in [0, 0.1) is 31.5 Å². The van der Waals surface area contributed by atoms with Gasteiger partial charge in [0.25, 0.3) is 16.0 Å². The third kappa shape index (κ3) is 5.89. The lowest BCUT2D eigenvalue weighted by Gasteiger charge is -2.06. The first-order chi connectivity index (χ1) is 16.6. The van der Waals surface area contributed by atoms with Crippen molar-refractivity contribution in [3.05, 3.63) is 65.5 Å². The van der Waals surface area contributed by atoms with E-state index in [2.05, 4.69) is 36.3 Å². The molecule has 10 nitrogen and oxygen atoms in total. The van der Waals surface area contributed by atoms with Crippen molar-refractivity contribution in [2.75, 3.05) is 18.2 Å². The van der Waals surface area contributed by atoms with E-state index in [1.54, 1.807) is 30.6 Å². The van der Waals surface area contributed by atoms with Crippen LogP contribution in [0.4, 0.5) is 10.1 Å². The van der Waals surface area contributed by atoms with E-state index in [0.717, 1.165) is 6.26 Å². The van der Waals surface area contributed by atoms with Crippen molar-refractivity contribution in [3.63, 3.8) is 0 Å². The van der Waals surface area contributed by atoms with Crippen molar-refractivity contribution in [1.82, 2.24) is 19.4 Å². The summed E-state index contributed by atoms with van der Waals surface area (Å²) in [5.41, 5.74) is 1.84. The summed E-state index contributed by atoms with van der Waals surface area (Å²) in [4.78, 5) is 25.2. The van der Waals surface area contributed by atoms with Crippen LogP contribution in [-0.2, 0) is 14.3 Å². The van der Waals surface area contributed by atoms with E-state index < -0.39 is 21.8 Å². The van der Waals surface area contributed by atoms with Gasteiger partial charge in [0.1, 0.15) is 5.82 Å². The Hall–Kier alpha value is -4.08. The molecule has 0 spiro atoms. The molecule has 0 unspecified atom stereocenters. The highest BCUT2D eigenvalue weighted by atomic mass is 32.2. The molecule has 4 rings (SSSR count). The quantitative estimate of drug-likeness (QED) is 0.244. The van der Waals surface area contributed by atoms with Crippen molar-refractivity contribution in [2.45, 2.75) is 20.3 Å². The summed E-state index contributed by atoms with van der Waals surface area (Å²) in [6, 6.07) is 4.14. The third-order valence-electron chi connectivity index (χ3n) is 4.68. The molecule has 3 aromatic heterocycles. The van der Waals surface area contributed by atoms with E-state index >= 15 is 0 Å². The monoisotopic (exact) mass is 497 g/mol. The summed E-state index contributed by atoms with van der Waals surface area (Å²) in [6.07, 6.45) is 5.96. The molecule has 0 atom stereocenters. The Kier molecular flexibility index (Phi) is 6.63. The van der Waals surface area contributed by atoms with Crippen molar-refractivity contribution in [2.24, 2.45) is 0 Å². The number of nitrogens with one attached hydrogen (secondary N) is 1. The second kappa shape index (κ2) is 9.65. The van der Waals surface area contributed by atoms with Gasteiger partial charge in [-0.15, -0.1) is 0 Å². The highest BCUT2D eigenvalue weighted by Gasteiger charge is 2.18. The van der Waals surface area contributed by atoms with E-state index in [0.29, 0.717) is 34.3 Å². The number of carbonyl (C=O) groups excluding carboxylic acids is 1. The summed E-state index contributed by atoms with van der Waals surface area (Å²) >= 11 is 0. The highest BCUT2D eigenvalue weighted by molar-refractivity contribution is 7.85. The molecule has 180 valence electrons. The summed E-state index contributed by atoms with van der Waals surface area (Å²) in [5.74, 6) is 5.43. The molecule has 12 heteroatoms. The number of halogens is 1. The Morgan fingerprint density at radius 3 is 2.77 bits per heavy atom. The number of hydrogen-bond donors (Lipinski definition) is 1. The molecule has 0 bridgehead atoms. The van der Waals surface area contributed by atoms with Gasteiger partial charge in [0.05, 0.1) is 29.8 Å². The van der Waals surface area contributed by atoms with Gasteiger partial charge in [0, 0.05) is 43.2 Å². The first-order valence-corrected chi connectivity index (χ1v) is 12.1. The normalized spacial score (nSPS) is 11.3. The van der Waals surface area contributed by atoms with Crippen molar-refractivity contribution < 1.29 is 26.2 Å². The Labute approximate surface area is 200 Å². The zero-order chi connectivity index (χ0) is 25.2. The predicted octanol–water partition coefficient (Wildman–Crippen LogP) is 3.11. The van der Waals surface area contributed by atoms with Crippen molar-refractivity contribution in [3.8, 4) is 23.1 Å². The number of oxazole rings is 1. The zero-order valence-corrected chi connectivity index (χ0v) is 19.8. The topological polar surface area (TPSA) is 129 Å². The van der Waals surface area contributed by atoms with E-state index in [1.165, 1.54) is 24.4 Å². The van der Waals surface area contributed by atoms with Gasteiger partial charge < -0.3 is 9.73 Å². The maximum absolute atomic E-state index is 14.6. The molecule has 0 radical (unpaired) electrons. The first-order valence-electron chi connectivity index (χ1n) is 10.3. The lowest BCUT2D eigenvalue weighted by molar-refractivity contribution is 0.0994. The minimum Gasteiger partial charge on any atom is -0.436 e. The molecule has 0 saturated heterocycles. The molecular formula is C23H20FN5O5S. The Bertz CT molecular complexity index is 1600. The van der Waals surface area contributed by atoms with E-state index in [9.17, 15) is 17.6 Å². The number of fused-ring (bicyclic) bond motifs is 1. The third-order valence-corrected chi connectivity index (χ3v) is 5.27. The molecule has 0 aliphatic carbocycles. The number of amides is 1. The van der Waals surface area contributed by atoms with Crippen LogP contribution in [0.3, 0.4) is 0 Å². The van der Waals surface area contributed by atoms with Crippen LogP contribution in [-0.4, -0.2) is 46.5 Å². The standard InChI is InChI=1S/C23H20FN5O5S/c1-14-21(34-15(2)26-14)22(30)27-17-7-8-19(24)18(10-17)20-13-29-12-16(11-25-23(29)28-20)6-4-5-9-33-35(3,31)32/h7-8,10-13H,5,9H2,1-3H3,(H,27,30). The number of aromatic nitrogens is 4. The van der Waals surface area contributed by atoms with Crippen molar-refractivity contribution in [1.29, 1.82) is 0 Å². The van der Waals surface area contributed by atoms with Crippen LogP contribution in [0.25, 0.3) is 17.0 Å². The summed E-state index contributed by atoms with van der Waals surface area (Å²) < 4.78 is 48.1. The fourth-order valence-corrected chi connectivity index (χ4v) is 3.60. The maximum Gasteiger partial charge on any atom is 0.293 e. The van der Waals surface area contributed by atoms with Gasteiger partial charge in [-0.3, -0.25) is 13.4 Å². The number of anilines is 1. The fourth-order valence-electron chi connectivity index (χ4n) is 3.22.